The number of amides is 1. The maximum Gasteiger partial charge on any atom is 0.223 e. The lowest BCUT2D eigenvalue weighted by Crippen LogP contribution is -2.29. The third-order valence-electron chi connectivity index (χ3n) is 2.70. The fourth-order valence-corrected chi connectivity index (χ4v) is 2.46. The van der Waals surface area contributed by atoms with Gasteiger partial charge in [-0.1, -0.05) is 6.92 Å². The quantitative estimate of drug-likeness (QED) is 0.826. The molecule has 3 N–H and O–H groups in total. The van der Waals surface area contributed by atoms with E-state index in [0.29, 0.717) is 13.1 Å². The molecule has 16 heavy (non-hydrogen) atoms. The highest BCUT2D eigenvalue weighted by molar-refractivity contribution is 7.12. The van der Waals surface area contributed by atoms with Gasteiger partial charge in [-0.15, -0.1) is 11.3 Å². The number of hydrogen-bond donors (Lipinski definition) is 2. The molecule has 0 aliphatic heterocycles. The maximum atomic E-state index is 11.6. The van der Waals surface area contributed by atoms with Crippen molar-refractivity contribution >= 4 is 17.2 Å². The molecule has 0 radical (unpaired) electrons. The normalized spacial score (nSPS) is 12.5. The van der Waals surface area contributed by atoms with E-state index in [-0.39, 0.29) is 11.8 Å². The Bertz CT molecular complexity index is 340. The van der Waals surface area contributed by atoms with E-state index in [9.17, 15) is 4.79 Å². The lowest BCUT2D eigenvalue weighted by Gasteiger charge is -2.09. The number of hydrogen-bond acceptors (Lipinski definition) is 3. The van der Waals surface area contributed by atoms with Gasteiger partial charge >= 0.3 is 0 Å². The summed E-state index contributed by atoms with van der Waals surface area (Å²) in [5, 5.41) is 2.94. The summed E-state index contributed by atoms with van der Waals surface area (Å²) in [4.78, 5) is 14.2. The van der Waals surface area contributed by atoms with Crippen LogP contribution in [0.4, 0.5) is 0 Å². The summed E-state index contributed by atoms with van der Waals surface area (Å²) in [6.45, 7) is 7.29. The molecule has 0 bridgehead atoms. The van der Waals surface area contributed by atoms with Gasteiger partial charge in [0.2, 0.25) is 5.91 Å². The average molecular weight is 240 g/mol. The molecule has 1 amide bonds. The molecule has 1 heterocycles. The minimum absolute atomic E-state index is 0.00663. The van der Waals surface area contributed by atoms with Crippen LogP contribution in [0.2, 0.25) is 0 Å². The van der Waals surface area contributed by atoms with E-state index in [0.717, 1.165) is 6.42 Å². The Morgan fingerprint density at radius 2 is 2.25 bits per heavy atom. The Hall–Kier alpha value is -0.870. The molecular weight excluding hydrogens is 220 g/mol. The van der Waals surface area contributed by atoms with Crippen molar-refractivity contribution in [2.45, 2.75) is 33.7 Å². The van der Waals surface area contributed by atoms with Crippen LogP contribution in [0, 0.1) is 19.8 Å². The van der Waals surface area contributed by atoms with Crippen LogP contribution in [-0.4, -0.2) is 12.5 Å². The lowest BCUT2D eigenvalue weighted by atomic mass is 10.1. The first-order valence-electron chi connectivity index (χ1n) is 5.58. The Balaban J connectivity index is 2.42. The SMILES string of the molecule is Cc1cc(CNC(=O)C(C)CCN)sc1C. The Morgan fingerprint density at radius 3 is 2.75 bits per heavy atom. The predicted octanol–water partition coefficient (Wildman–Crippen LogP) is 1.97. The van der Waals surface area contributed by atoms with Crippen LogP contribution in [-0.2, 0) is 11.3 Å². The van der Waals surface area contributed by atoms with Gasteiger partial charge in [-0.3, -0.25) is 4.79 Å². The molecule has 0 aromatic carbocycles. The zero-order valence-electron chi connectivity index (χ0n) is 10.2. The van der Waals surface area contributed by atoms with Crippen LogP contribution in [0.25, 0.3) is 0 Å². The van der Waals surface area contributed by atoms with Gasteiger partial charge in [0, 0.05) is 15.7 Å². The zero-order valence-corrected chi connectivity index (χ0v) is 11.0. The third kappa shape index (κ3) is 3.61. The van der Waals surface area contributed by atoms with Gasteiger partial charge in [0.15, 0.2) is 0 Å². The molecule has 0 saturated heterocycles. The molecule has 90 valence electrons. The van der Waals surface area contributed by atoms with Crippen LogP contribution in [0.5, 0.6) is 0 Å². The first-order chi connectivity index (χ1) is 7.54. The first kappa shape index (κ1) is 13.2. The molecule has 1 rings (SSSR count). The van der Waals surface area contributed by atoms with Crippen LogP contribution in [0.1, 0.15) is 28.7 Å². The van der Waals surface area contributed by atoms with Crippen molar-refractivity contribution in [2.24, 2.45) is 11.7 Å². The second kappa shape index (κ2) is 6.01. The van der Waals surface area contributed by atoms with Gasteiger partial charge in [0.1, 0.15) is 0 Å². The predicted molar refractivity (Wildman–Crippen MR) is 68.5 cm³/mol. The van der Waals surface area contributed by atoms with E-state index in [1.807, 2.05) is 6.92 Å². The van der Waals surface area contributed by atoms with Crippen molar-refractivity contribution in [3.63, 3.8) is 0 Å². The molecule has 0 saturated carbocycles. The molecule has 0 aliphatic rings. The van der Waals surface area contributed by atoms with Gasteiger partial charge in [0.25, 0.3) is 0 Å². The van der Waals surface area contributed by atoms with Crippen LogP contribution in [0.15, 0.2) is 6.07 Å². The third-order valence-corrected chi connectivity index (χ3v) is 3.85. The minimum Gasteiger partial charge on any atom is -0.351 e. The molecular formula is C12H20N2OS. The number of nitrogens with one attached hydrogen (secondary N) is 1. The molecule has 4 heteroatoms. The number of carbonyl (C=O) groups is 1. The van der Waals surface area contributed by atoms with E-state index in [2.05, 4.69) is 25.2 Å². The average Bonchev–Trinajstić information content (AvgIpc) is 2.55. The molecule has 1 atom stereocenters. The molecule has 0 aliphatic carbocycles. The second-order valence-electron chi connectivity index (χ2n) is 4.15. The van der Waals surface area contributed by atoms with Crippen molar-refractivity contribution in [2.75, 3.05) is 6.54 Å². The van der Waals surface area contributed by atoms with Crippen molar-refractivity contribution in [1.82, 2.24) is 5.32 Å². The molecule has 0 spiro atoms. The summed E-state index contributed by atoms with van der Waals surface area (Å²) in [7, 11) is 0. The van der Waals surface area contributed by atoms with Crippen LogP contribution in [0.3, 0.4) is 0 Å². The van der Waals surface area contributed by atoms with Gasteiger partial charge in [0.05, 0.1) is 6.54 Å². The number of nitrogens with two attached hydrogens (primary N) is 1. The standard InChI is InChI=1S/C12H20N2OS/c1-8(4-5-13)12(15)14-7-11-6-9(2)10(3)16-11/h6,8H,4-5,7,13H2,1-3H3,(H,14,15). The summed E-state index contributed by atoms with van der Waals surface area (Å²) in [6.07, 6.45) is 0.744. The number of rotatable bonds is 5. The molecule has 0 fully saturated rings. The van der Waals surface area contributed by atoms with E-state index < -0.39 is 0 Å². The molecule has 1 aromatic rings. The fourth-order valence-electron chi connectivity index (χ4n) is 1.47. The molecule has 1 unspecified atom stereocenters. The summed E-state index contributed by atoms with van der Waals surface area (Å²) in [6, 6.07) is 2.13. The summed E-state index contributed by atoms with van der Waals surface area (Å²) in [5.74, 6) is 0.0984. The fraction of sp³-hybridized carbons (Fsp3) is 0.583. The number of thiophene rings is 1. The second-order valence-corrected chi connectivity index (χ2v) is 5.49. The van der Waals surface area contributed by atoms with Crippen molar-refractivity contribution in [3.8, 4) is 0 Å². The van der Waals surface area contributed by atoms with E-state index >= 15 is 0 Å². The van der Waals surface area contributed by atoms with Gasteiger partial charge in [-0.2, -0.15) is 0 Å². The highest BCUT2D eigenvalue weighted by Gasteiger charge is 2.11. The lowest BCUT2D eigenvalue weighted by molar-refractivity contribution is -0.124. The molecule has 1 aromatic heterocycles. The maximum absolute atomic E-state index is 11.6. The highest BCUT2D eigenvalue weighted by atomic mass is 32.1. The molecule has 3 nitrogen and oxygen atoms in total. The Labute approximate surface area is 101 Å². The van der Waals surface area contributed by atoms with Gasteiger partial charge in [-0.25, -0.2) is 0 Å². The zero-order chi connectivity index (χ0) is 12.1. The van der Waals surface area contributed by atoms with Crippen molar-refractivity contribution in [3.05, 3.63) is 21.4 Å². The highest BCUT2D eigenvalue weighted by Crippen LogP contribution is 2.20. The van der Waals surface area contributed by atoms with Gasteiger partial charge < -0.3 is 11.1 Å². The number of aryl methyl sites for hydroxylation is 2. The minimum atomic E-state index is 0.00663. The monoisotopic (exact) mass is 240 g/mol. The largest absolute Gasteiger partial charge is 0.351 e. The smallest absolute Gasteiger partial charge is 0.223 e. The van der Waals surface area contributed by atoms with E-state index in [4.69, 9.17) is 5.73 Å². The van der Waals surface area contributed by atoms with E-state index in [1.165, 1.54) is 15.3 Å². The van der Waals surface area contributed by atoms with E-state index in [1.54, 1.807) is 11.3 Å². The Kier molecular flexibility index (Phi) is 4.96. The summed E-state index contributed by atoms with van der Waals surface area (Å²) >= 11 is 1.74. The van der Waals surface area contributed by atoms with Crippen molar-refractivity contribution in [1.29, 1.82) is 0 Å². The Morgan fingerprint density at radius 1 is 1.56 bits per heavy atom. The van der Waals surface area contributed by atoms with Crippen molar-refractivity contribution < 1.29 is 4.79 Å². The topological polar surface area (TPSA) is 55.1 Å². The van der Waals surface area contributed by atoms with Crippen LogP contribution >= 0.6 is 11.3 Å². The summed E-state index contributed by atoms with van der Waals surface area (Å²) < 4.78 is 0. The van der Waals surface area contributed by atoms with Crippen LogP contribution < -0.4 is 11.1 Å². The number of carbonyl (C=O) groups excluding carboxylic acids is 1. The first-order valence-corrected chi connectivity index (χ1v) is 6.40. The van der Waals surface area contributed by atoms with Gasteiger partial charge in [-0.05, 0) is 38.4 Å². The summed E-state index contributed by atoms with van der Waals surface area (Å²) in [5.41, 5.74) is 6.72.